The van der Waals surface area contributed by atoms with E-state index in [1.807, 2.05) is 30.3 Å². The van der Waals surface area contributed by atoms with Crippen molar-refractivity contribution in [2.75, 3.05) is 0 Å². The van der Waals surface area contributed by atoms with Crippen molar-refractivity contribution >= 4 is 5.84 Å². The topological polar surface area (TPSA) is 73.6 Å². The van der Waals surface area contributed by atoms with Gasteiger partial charge in [-0.05, 0) is 36.4 Å². The van der Waals surface area contributed by atoms with Gasteiger partial charge >= 0.3 is 0 Å². The van der Waals surface area contributed by atoms with E-state index in [0.29, 0.717) is 17.1 Å². The van der Waals surface area contributed by atoms with Gasteiger partial charge in [0.15, 0.2) is 12.4 Å². The molecule has 0 aliphatic carbocycles. The number of hydrogen-bond acceptors (Lipinski definition) is 4. The molecular formula is C17H14FN3O2. The molecule has 3 aromatic rings. The molecule has 2 N–H and O–H groups in total. The number of nitrogens with zero attached hydrogens (tertiary/aromatic N) is 2. The summed E-state index contributed by atoms with van der Waals surface area (Å²) in [5, 5.41) is 3.79. The number of nitrogens with two attached hydrogens (primary N) is 1. The van der Waals surface area contributed by atoms with Gasteiger partial charge < -0.3 is 15.0 Å². The van der Waals surface area contributed by atoms with Crippen LogP contribution in [-0.4, -0.2) is 10.8 Å². The highest BCUT2D eigenvalue weighted by Crippen LogP contribution is 2.18. The van der Waals surface area contributed by atoms with Crippen LogP contribution in [0, 0.1) is 5.82 Å². The summed E-state index contributed by atoms with van der Waals surface area (Å²) in [5.41, 5.74) is 7.82. The predicted octanol–water partition coefficient (Wildman–Crippen LogP) is 3.32. The van der Waals surface area contributed by atoms with E-state index in [1.54, 1.807) is 0 Å². The van der Waals surface area contributed by atoms with Crippen molar-refractivity contribution < 1.29 is 13.6 Å². The van der Waals surface area contributed by atoms with Gasteiger partial charge in [0.05, 0.1) is 0 Å². The highest BCUT2D eigenvalue weighted by Gasteiger charge is 2.06. The molecular weight excluding hydrogens is 297 g/mol. The fraction of sp³-hybridized carbons (Fsp3) is 0.0588. The maximum absolute atomic E-state index is 12.8. The summed E-state index contributed by atoms with van der Waals surface area (Å²) in [7, 11) is 0. The Labute approximate surface area is 132 Å². The van der Waals surface area contributed by atoms with Gasteiger partial charge in [-0.2, -0.15) is 0 Å². The van der Waals surface area contributed by atoms with E-state index in [2.05, 4.69) is 10.1 Å². The molecule has 5 nitrogen and oxygen atoms in total. The molecule has 6 heteroatoms. The first-order valence-corrected chi connectivity index (χ1v) is 6.93. The Morgan fingerprint density at radius 3 is 2.61 bits per heavy atom. The lowest BCUT2D eigenvalue weighted by Crippen LogP contribution is -2.13. The summed E-state index contributed by atoms with van der Waals surface area (Å²) in [6, 6.07) is 15.2. The van der Waals surface area contributed by atoms with Gasteiger partial charge in [-0.1, -0.05) is 23.4 Å². The van der Waals surface area contributed by atoms with Crippen LogP contribution >= 0.6 is 0 Å². The van der Waals surface area contributed by atoms with Crippen molar-refractivity contribution in [3.05, 3.63) is 77.9 Å². The van der Waals surface area contributed by atoms with Gasteiger partial charge in [-0.15, -0.1) is 0 Å². The van der Waals surface area contributed by atoms with E-state index in [4.69, 9.17) is 15.0 Å². The first kappa shape index (κ1) is 14.8. The number of hydrogen-bond donors (Lipinski definition) is 1. The predicted molar refractivity (Wildman–Crippen MR) is 83.9 cm³/mol. The largest absolute Gasteiger partial charge is 0.444 e. The first-order valence-electron chi connectivity index (χ1n) is 6.93. The van der Waals surface area contributed by atoms with Crippen molar-refractivity contribution in [1.29, 1.82) is 0 Å². The van der Waals surface area contributed by atoms with E-state index in [1.165, 1.54) is 30.5 Å². The number of aromatic nitrogens is 1. The Morgan fingerprint density at radius 2 is 1.87 bits per heavy atom. The summed E-state index contributed by atoms with van der Waals surface area (Å²) < 4.78 is 18.2. The molecule has 1 heterocycles. The van der Waals surface area contributed by atoms with E-state index >= 15 is 0 Å². The zero-order chi connectivity index (χ0) is 16.1. The van der Waals surface area contributed by atoms with E-state index in [-0.39, 0.29) is 18.3 Å². The molecule has 0 unspecified atom stereocenters. The van der Waals surface area contributed by atoms with Crippen LogP contribution in [0.5, 0.6) is 0 Å². The van der Waals surface area contributed by atoms with Crippen molar-refractivity contribution in [3.63, 3.8) is 0 Å². The molecule has 0 atom stereocenters. The molecule has 0 aliphatic heterocycles. The Hall–Kier alpha value is -3.15. The Balaban J connectivity index is 1.61. The lowest BCUT2D eigenvalue weighted by atomic mass is 10.2. The third-order valence-electron chi connectivity index (χ3n) is 3.09. The third-order valence-corrected chi connectivity index (χ3v) is 3.09. The highest BCUT2D eigenvalue weighted by atomic mass is 19.1. The molecule has 3 rings (SSSR count). The number of oxazole rings is 1. The molecule has 116 valence electrons. The molecule has 23 heavy (non-hydrogen) atoms. The monoisotopic (exact) mass is 311 g/mol. The second-order valence-electron chi connectivity index (χ2n) is 4.77. The number of rotatable bonds is 5. The average Bonchev–Trinajstić information content (AvgIpc) is 3.05. The first-order chi connectivity index (χ1) is 11.2. The van der Waals surface area contributed by atoms with E-state index in [9.17, 15) is 4.39 Å². The number of benzene rings is 2. The minimum absolute atomic E-state index is 0.123. The van der Waals surface area contributed by atoms with Crippen molar-refractivity contribution in [1.82, 2.24) is 4.98 Å². The summed E-state index contributed by atoms with van der Waals surface area (Å²) >= 11 is 0. The molecule has 0 spiro atoms. The van der Waals surface area contributed by atoms with Crippen LogP contribution in [0.25, 0.3) is 11.5 Å². The third kappa shape index (κ3) is 3.74. The summed E-state index contributed by atoms with van der Waals surface area (Å²) in [6.45, 7) is 0.123. The Kier molecular flexibility index (Phi) is 4.33. The molecule has 0 aliphatic rings. The minimum atomic E-state index is -0.335. The second-order valence-corrected chi connectivity index (χ2v) is 4.77. The zero-order valence-electron chi connectivity index (χ0n) is 12.1. The van der Waals surface area contributed by atoms with Gasteiger partial charge in [0, 0.05) is 11.1 Å². The van der Waals surface area contributed by atoms with E-state index in [0.717, 1.165) is 5.56 Å². The lowest BCUT2D eigenvalue weighted by Gasteiger charge is -2.00. The van der Waals surface area contributed by atoms with Crippen LogP contribution < -0.4 is 5.73 Å². The van der Waals surface area contributed by atoms with Crippen molar-refractivity contribution in [2.45, 2.75) is 6.61 Å². The Morgan fingerprint density at radius 1 is 1.13 bits per heavy atom. The molecule has 0 radical (unpaired) electrons. The van der Waals surface area contributed by atoms with Gasteiger partial charge in [0.25, 0.3) is 0 Å². The van der Waals surface area contributed by atoms with Crippen LogP contribution in [0.3, 0.4) is 0 Å². The second kappa shape index (κ2) is 6.74. The maximum atomic E-state index is 12.8. The SMILES string of the molecule is N/C(=N\OCc1coc(-c2ccccc2)n1)c1ccc(F)cc1. The highest BCUT2D eigenvalue weighted by molar-refractivity contribution is 5.96. The summed E-state index contributed by atoms with van der Waals surface area (Å²) in [5.74, 6) is 0.343. The summed E-state index contributed by atoms with van der Waals surface area (Å²) in [6.07, 6.45) is 1.51. The van der Waals surface area contributed by atoms with Crippen LogP contribution in [-0.2, 0) is 11.4 Å². The molecule has 0 fully saturated rings. The lowest BCUT2D eigenvalue weighted by molar-refractivity contribution is 0.127. The standard InChI is InChI=1S/C17H14FN3O2/c18-14-8-6-12(7-9-14)16(19)21-23-11-15-10-22-17(20-15)13-4-2-1-3-5-13/h1-10H,11H2,(H2,19,21). The van der Waals surface area contributed by atoms with Gasteiger partial charge in [0.1, 0.15) is 17.8 Å². The molecule has 0 saturated carbocycles. The van der Waals surface area contributed by atoms with Crippen molar-refractivity contribution in [3.8, 4) is 11.5 Å². The normalized spacial score (nSPS) is 11.4. The fourth-order valence-electron chi connectivity index (χ4n) is 1.93. The quantitative estimate of drug-likeness (QED) is 0.445. The summed E-state index contributed by atoms with van der Waals surface area (Å²) in [4.78, 5) is 9.47. The molecule has 1 aromatic heterocycles. The molecule has 0 saturated heterocycles. The average molecular weight is 311 g/mol. The maximum Gasteiger partial charge on any atom is 0.226 e. The van der Waals surface area contributed by atoms with E-state index < -0.39 is 0 Å². The van der Waals surface area contributed by atoms with Crippen LogP contribution in [0.15, 0.2) is 70.4 Å². The van der Waals surface area contributed by atoms with Crippen LogP contribution in [0.2, 0.25) is 0 Å². The van der Waals surface area contributed by atoms with Gasteiger partial charge in [-0.25, -0.2) is 9.37 Å². The van der Waals surface area contributed by atoms with Gasteiger partial charge in [0.2, 0.25) is 5.89 Å². The smallest absolute Gasteiger partial charge is 0.226 e. The zero-order valence-corrected chi connectivity index (χ0v) is 12.1. The number of amidine groups is 1. The molecule has 0 amide bonds. The fourth-order valence-corrected chi connectivity index (χ4v) is 1.93. The minimum Gasteiger partial charge on any atom is -0.444 e. The van der Waals surface area contributed by atoms with Crippen molar-refractivity contribution in [2.24, 2.45) is 10.9 Å². The number of oxime groups is 1. The van der Waals surface area contributed by atoms with Gasteiger partial charge in [-0.3, -0.25) is 0 Å². The molecule has 0 bridgehead atoms. The van der Waals surface area contributed by atoms with Crippen LogP contribution in [0.1, 0.15) is 11.3 Å². The number of halogens is 1. The Bertz CT molecular complexity index is 798. The van der Waals surface area contributed by atoms with Crippen LogP contribution in [0.4, 0.5) is 4.39 Å². The molecule has 2 aromatic carbocycles.